The SMILES string of the molecule is Cc1ccc(C=NNCC2CCC(COCc3ccccc3)CC2)c(F)c1. The Balaban J connectivity index is 1.30. The van der Waals surface area contributed by atoms with Gasteiger partial charge in [0, 0.05) is 18.7 Å². The second kappa shape index (κ2) is 10.2. The van der Waals surface area contributed by atoms with Gasteiger partial charge in [0.25, 0.3) is 0 Å². The third kappa shape index (κ3) is 6.47. The summed E-state index contributed by atoms with van der Waals surface area (Å²) < 4.78 is 19.6. The maximum absolute atomic E-state index is 13.8. The lowest BCUT2D eigenvalue weighted by atomic mass is 9.82. The molecule has 0 bridgehead atoms. The monoisotopic (exact) mass is 368 g/mol. The number of hydrazone groups is 1. The van der Waals surface area contributed by atoms with E-state index >= 15 is 0 Å². The molecule has 3 nitrogen and oxygen atoms in total. The van der Waals surface area contributed by atoms with Crippen molar-refractivity contribution >= 4 is 6.21 Å². The molecule has 1 fully saturated rings. The van der Waals surface area contributed by atoms with E-state index in [1.54, 1.807) is 12.3 Å². The van der Waals surface area contributed by atoms with Crippen molar-refractivity contribution in [3.63, 3.8) is 0 Å². The van der Waals surface area contributed by atoms with E-state index in [-0.39, 0.29) is 5.82 Å². The van der Waals surface area contributed by atoms with E-state index in [1.165, 1.54) is 37.3 Å². The molecule has 0 heterocycles. The normalized spacial score (nSPS) is 20.1. The Labute approximate surface area is 161 Å². The van der Waals surface area contributed by atoms with Gasteiger partial charge in [-0.3, -0.25) is 0 Å². The Kier molecular flexibility index (Phi) is 7.40. The molecule has 3 rings (SSSR count). The van der Waals surface area contributed by atoms with Crippen LogP contribution in [0.15, 0.2) is 53.6 Å². The van der Waals surface area contributed by atoms with Gasteiger partial charge in [-0.1, -0.05) is 42.5 Å². The number of nitrogens with one attached hydrogen (secondary N) is 1. The zero-order valence-corrected chi connectivity index (χ0v) is 16.0. The first kappa shape index (κ1) is 19.6. The van der Waals surface area contributed by atoms with Gasteiger partial charge in [-0.25, -0.2) is 4.39 Å². The smallest absolute Gasteiger partial charge is 0.132 e. The van der Waals surface area contributed by atoms with Gasteiger partial charge < -0.3 is 10.2 Å². The van der Waals surface area contributed by atoms with Crippen LogP contribution in [-0.2, 0) is 11.3 Å². The molecule has 0 saturated heterocycles. The Bertz CT molecular complexity index is 724. The fourth-order valence-corrected chi connectivity index (χ4v) is 3.55. The van der Waals surface area contributed by atoms with Crippen molar-refractivity contribution in [1.29, 1.82) is 0 Å². The van der Waals surface area contributed by atoms with E-state index in [4.69, 9.17) is 4.74 Å². The molecule has 0 amide bonds. The van der Waals surface area contributed by atoms with Gasteiger partial charge >= 0.3 is 0 Å². The van der Waals surface area contributed by atoms with Crippen LogP contribution in [-0.4, -0.2) is 19.4 Å². The second-order valence-electron chi connectivity index (χ2n) is 7.53. The minimum atomic E-state index is -0.225. The Morgan fingerprint density at radius 1 is 1.07 bits per heavy atom. The number of hydrogen-bond donors (Lipinski definition) is 1. The third-order valence-corrected chi connectivity index (χ3v) is 5.26. The van der Waals surface area contributed by atoms with Gasteiger partial charge in [-0.05, 0) is 61.6 Å². The molecule has 1 N–H and O–H groups in total. The highest BCUT2D eigenvalue weighted by Gasteiger charge is 2.21. The third-order valence-electron chi connectivity index (χ3n) is 5.26. The summed E-state index contributed by atoms with van der Waals surface area (Å²) in [6.45, 7) is 4.28. The summed E-state index contributed by atoms with van der Waals surface area (Å²) in [5.41, 5.74) is 5.77. The molecule has 0 aromatic heterocycles. The second-order valence-corrected chi connectivity index (χ2v) is 7.53. The van der Waals surface area contributed by atoms with Crippen molar-refractivity contribution in [2.24, 2.45) is 16.9 Å². The first-order chi connectivity index (χ1) is 13.2. The lowest BCUT2D eigenvalue weighted by Gasteiger charge is -2.28. The summed E-state index contributed by atoms with van der Waals surface area (Å²) in [7, 11) is 0. The quantitative estimate of drug-likeness (QED) is 0.521. The summed E-state index contributed by atoms with van der Waals surface area (Å²) in [6, 6.07) is 15.5. The number of ether oxygens (including phenoxy) is 1. The van der Waals surface area contributed by atoms with Crippen LogP contribution in [0.5, 0.6) is 0 Å². The first-order valence-electron chi connectivity index (χ1n) is 9.84. The molecule has 0 unspecified atom stereocenters. The highest BCUT2D eigenvalue weighted by Crippen LogP contribution is 2.28. The molecule has 2 aromatic carbocycles. The predicted octanol–water partition coefficient (Wildman–Crippen LogP) is 5.08. The first-order valence-corrected chi connectivity index (χ1v) is 9.84. The predicted molar refractivity (Wildman–Crippen MR) is 108 cm³/mol. The fourth-order valence-electron chi connectivity index (χ4n) is 3.55. The van der Waals surface area contributed by atoms with Crippen LogP contribution in [0.25, 0.3) is 0 Å². The van der Waals surface area contributed by atoms with Crippen molar-refractivity contribution in [3.05, 3.63) is 71.0 Å². The van der Waals surface area contributed by atoms with Gasteiger partial charge in [0.2, 0.25) is 0 Å². The van der Waals surface area contributed by atoms with Crippen LogP contribution in [0.2, 0.25) is 0 Å². The minimum absolute atomic E-state index is 0.225. The number of halogens is 1. The summed E-state index contributed by atoms with van der Waals surface area (Å²) >= 11 is 0. The van der Waals surface area contributed by atoms with E-state index in [1.807, 2.05) is 31.2 Å². The van der Waals surface area contributed by atoms with Crippen molar-refractivity contribution in [2.75, 3.05) is 13.2 Å². The fraction of sp³-hybridized carbons (Fsp3) is 0.435. The van der Waals surface area contributed by atoms with Gasteiger partial charge in [0.15, 0.2) is 0 Å². The lowest BCUT2D eigenvalue weighted by Crippen LogP contribution is -2.25. The van der Waals surface area contributed by atoms with Gasteiger partial charge in [0.1, 0.15) is 5.82 Å². The summed E-state index contributed by atoms with van der Waals surface area (Å²) in [6.07, 6.45) is 6.37. The zero-order valence-electron chi connectivity index (χ0n) is 16.0. The molecule has 0 spiro atoms. The van der Waals surface area contributed by atoms with E-state index in [2.05, 4.69) is 22.7 Å². The lowest BCUT2D eigenvalue weighted by molar-refractivity contribution is 0.0671. The van der Waals surface area contributed by atoms with Gasteiger partial charge in [0.05, 0.1) is 12.8 Å². The Morgan fingerprint density at radius 3 is 2.56 bits per heavy atom. The van der Waals surface area contributed by atoms with E-state index in [0.717, 1.165) is 18.7 Å². The number of aryl methyl sites for hydroxylation is 1. The van der Waals surface area contributed by atoms with E-state index in [9.17, 15) is 4.39 Å². The highest BCUT2D eigenvalue weighted by molar-refractivity contribution is 5.79. The van der Waals surface area contributed by atoms with Crippen molar-refractivity contribution < 1.29 is 9.13 Å². The topological polar surface area (TPSA) is 33.6 Å². The molecular weight excluding hydrogens is 339 g/mol. The van der Waals surface area contributed by atoms with Crippen LogP contribution in [0.3, 0.4) is 0 Å². The van der Waals surface area contributed by atoms with E-state index in [0.29, 0.717) is 24.0 Å². The van der Waals surface area contributed by atoms with Crippen LogP contribution in [0.4, 0.5) is 4.39 Å². The Hall–Kier alpha value is -2.20. The van der Waals surface area contributed by atoms with Gasteiger partial charge in [-0.2, -0.15) is 5.10 Å². The molecule has 2 aromatic rings. The average molecular weight is 368 g/mol. The molecule has 1 aliphatic carbocycles. The summed E-state index contributed by atoms with van der Waals surface area (Å²) in [5, 5.41) is 4.19. The van der Waals surface area contributed by atoms with Crippen LogP contribution < -0.4 is 5.43 Å². The standard InChI is InChI=1S/C23H29FN2O/c1-18-7-12-22(23(24)13-18)15-26-25-14-19-8-10-21(11-9-19)17-27-16-20-5-3-2-4-6-20/h2-7,12-13,15,19,21,25H,8-11,14,16-17H2,1H3. The summed E-state index contributed by atoms with van der Waals surface area (Å²) in [4.78, 5) is 0. The van der Waals surface area contributed by atoms with Crippen molar-refractivity contribution in [3.8, 4) is 0 Å². The molecule has 0 atom stereocenters. The van der Waals surface area contributed by atoms with E-state index < -0.39 is 0 Å². The molecular formula is C23H29FN2O. The molecule has 27 heavy (non-hydrogen) atoms. The zero-order chi connectivity index (χ0) is 18.9. The maximum atomic E-state index is 13.8. The molecule has 1 aliphatic rings. The molecule has 0 radical (unpaired) electrons. The number of nitrogens with zero attached hydrogens (tertiary/aromatic N) is 1. The summed E-state index contributed by atoms with van der Waals surface area (Å²) in [5.74, 6) is 1.07. The number of benzene rings is 2. The largest absolute Gasteiger partial charge is 0.376 e. The molecule has 144 valence electrons. The van der Waals surface area contributed by atoms with Gasteiger partial charge in [-0.15, -0.1) is 0 Å². The molecule has 4 heteroatoms. The average Bonchev–Trinajstić information content (AvgIpc) is 2.68. The maximum Gasteiger partial charge on any atom is 0.132 e. The minimum Gasteiger partial charge on any atom is -0.376 e. The highest BCUT2D eigenvalue weighted by atomic mass is 19.1. The van der Waals surface area contributed by atoms with Crippen molar-refractivity contribution in [1.82, 2.24) is 5.43 Å². The van der Waals surface area contributed by atoms with Crippen LogP contribution in [0.1, 0.15) is 42.4 Å². The number of rotatable bonds is 8. The number of hydrogen-bond acceptors (Lipinski definition) is 3. The van der Waals surface area contributed by atoms with Crippen LogP contribution >= 0.6 is 0 Å². The molecule has 1 saturated carbocycles. The van der Waals surface area contributed by atoms with Crippen molar-refractivity contribution in [2.45, 2.75) is 39.2 Å². The van der Waals surface area contributed by atoms with Crippen LogP contribution in [0, 0.1) is 24.6 Å². The molecule has 0 aliphatic heterocycles. The Morgan fingerprint density at radius 2 is 1.81 bits per heavy atom.